The molecule has 0 saturated carbocycles. The Balaban J connectivity index is 2.19. The van der Waals surface area contributed by atoms with E-state index < -0.39 is 20.7 Å². The van der Waals surface area contributed by atoms with E-state index in [2.05, 4.69) is 26.5 Å². The van der Waals surface area contributed by atoms with E-state index in [4.69, 9.17) is 5.11 Å². The third-order valence-electron chi connectivity index (χ3n) is 2.52. The van der Waals surface area contributed by atoms with Crippen molar-refractivity contribution >= 4 is 10.0 Å². The second-order valence-corrected chi connectivity index (χ2v) is 5.70. The third kappa shape index (κ3) is 3.88. The molecule has 0 amide bonds. The summed E-state index contributed by atoms with van der Waals surface area (Å²) < 4.78 is 40.1. The van der Waals surface area contributed by atoms with E-state index in [1.54, 1.807) is 6.20 Å². The maximum Gasteiger partial charge on any atom is 0.243 e. The maximum atomic E-state index is 13.9. The molecule has 0 radical (unpaired) electrons. The van der Waals surface area contributed by atoms with Crippen LogP contribution in [0.4, 0.5) is 4.39 Å². The molecule has 1 aromatic carbocycles. The van der Waals surface area contributed by atoms with E-state index in [1.807, 2.05) is 0 Å². The average Bonchev–Trinajstić information content (AvgIpc) is 2.96. The highest BCUT2D eigenvalue weighted by Crippen LogP contribution is 2.15. The number of aliphatic hydroxyl groups is 1. The molecule has 0 aliphatic rings. The van der Waals surface area contributed by atoms with Gasteiger partial charge in [-0.25, -0.2) is 22.5 Å². The van der Waals surface area contributed by atoms with Crippen LogP contribution in [0.3, 0.4) is 0 Å². The predicted octanol–water partition coefficient (Wildman–Crippen LogP) is 0.371. The molecule has 2 aromatic rings. The number of sulfonamides is 1. The van der Waals surface area contributed by atoms with Gasteiger partial charge in [0.25, 0.3) is 0 Å². The van der Waals surface area contributed by atoms with Gasteiger partial charge in [-0.2, -0.15) is 0 Å². The Morgan fingerprint density at radius 2 is 2.24 bits per heavy atom. The number of hydrogen-bond acceptors (Lipinski definition) is 4. The molecule has 1 heterocycles. The van der Waals surface area contributed by atoms with E-state index in [0.29, 0.717) is 5.82 Å². The van der Waals surface area contributed by atoms with Crippen LogP contribution < -0.4 is 4.72 Å². The number of aliphatic hydroxyl groups excluding tert-OH is 1. The Hall–Kier alpha value is -2.21. The predicted molar refractivity (Wildman–Crippen MR) is 73.0 cm³/mol. The highest BCUT2D eigenvalue weighted by atomic mass is 32.2. The van der Waals surface area contributed by atoms with Crippen LogP contribution in [0.5, 0.6) is 0 Å². The first-order valence-electron chi connectivity index (χ1n) is 5.90. The number of benzene rings is 1. The lowest BCUT2D eigenvalue weighted by atomic mass is 10.2. The van der Waals surface area contributed by atoms with Crippen LogP contribution in [0.15, 0.2) is 35.5 Å². The second kappa shape index (κ2) is 6.49. The minimum absolute atomic E-state index is 0.0686. The van der Waals surface area contributed by atoms with Crippen LogP contribution in [0.2, 0.25) is 0 Å². The van der Waals surface area contributed by atoms with Gasteiger partial charge in [-0.1, -0.05) is 11.8 Å². The van der Waals surface area contributed by atoms with Gasteiger partial charge in [0.15, 0.2) is 0 Å². The zero-order chi connectivity index (χ0) is 15.3. The van der Waals surface area contributed by atoms with Crippen molar-refractivity contribution in [2.45, 2.75) is 11.4 Å². The number of nitrogens with one attached hydrogen (secondary N) is 2. The minimum atomic E-state index is -3.99. The van der Waals surface area contributed by atoms with Crippen LogP contribution >= 0.6 is 0 Å². The topological polar surface area (TPSA) is 95.1 Å². The summed E-state index contributed by atoms with van der Waals surface area (Å²) in [5.41, 5.74) is 0.284. The molecule has 0 fully saturated rings. The normalized spacial score (nSPS) is 11.0. The molecule has 1 aromatic heterocycles. The van der Waals surface area contributed by atoms with Crippen LogP contribution in [-0.4, -0.2) is 30.1 Å². The van der Waals surface area contributed by atoms with Crippen molar-refractivity contribution in [3.8, 4) is 11.8 Å². The molecule has 0 atom stereocenters. The molecule has 6 nitrogen and oxygen atoms in total. The summed E-state index contributed by atoms with van der Waals surface area (Å²) in [4.78, 5) is 6.13. The van der Waals surface area contributed by atoms with Gasteiger partial charge in [0.1, 0.15) is 23.1 Å². The van der Waals surface area contributed by atoms with E-state index in [1.165, 1.54) is 12.3 Å². The number of aromatic nitrogens is 2. The van der Waals surface area contributed by atoms with Gasteiger partial charge in [0, 0.05) is 18.0 Å². The number of aromatic amines is 1. The van der Waals surface area contributed by atoms with E-state index >= 15 is 0 Å². The first-order valence-corrected chi connectivity index (χ1v) is 7.38. The van der Waals surface area contributed by atoms with Crippen LogP contribution in [0, 0.1) is 17.7 Å². The fourth-order valence-corrected chi connectivity index (χ4v) is 2.62. The molecule has 110 valence electrons. The van der Waals surface area contributed by atoms with Crippen LogP contribution in [0.25, 0.3) is 0 Å². The first-order chi connectivity index (χ1) is 10.0. The molecule has 0 saturated heterocycles. The summed E-state index contributed by atoms with van der Waals surface area (Å²) in [6, 6.07) is 3.50. The van der Waals surface area contributed by atoms with Crippen molar-refractivity contribution in [3.05, 3.63) is 47.8 Å². The van der Waals surface area contributed by atoms with Crippen molar-refractivity contribution in [3.63, 3.8) is 0 Å². The summed E-state index contributed by atoms with van der Waals surface area (Å²) in [6.07, 6.45) is 3.04. The van der Waals surface area contributed by atoms with Crippen molar-refractivity contribution in [2.24, 2.45) is 0 Å². The standard InChI is InChI=1S/C13H12FN3O3S/c14-11-8-10(2-1-7-18)3-4-12(11)21(19,20)17-9-13-15-5-6-16-13/h3-6,8,17-18H,7,9H2,(H,15,16). The quantitative estimate of drug-likeness (QED) is 0.711. The maximum absolute atomic E-state index is 13.9. The fraction of sp³-hybridized carbons (Fsp3) is 0.154. The average molecular weight is 309 g/mol. The Bertz CT molecular complexity index is 777. The number of rotatable bonds is 4. The number of H-pyrrole nitrogens is 1. The highest BCUT2D eigenvalue weighted by Gasteiger charge is 2.19. The number of nitrogens with zero attached hydrogens (tertiary/aromatic N) is 1. The molecule has 0 aliphatic carbocycles. The monoisotopic (exact) mass is 309 g/mol. The number of hydrogen-bond donors (Lipinski definition) is 3. The molecular weight excluding hydrogens is 297 g/mol. The minimum Gasteiger partial charge on any atom is -0.384 e. The van der Waals surface area contributed by atoms with E-state index in [0.717, 1.165) is 12.1 Å². The summed E-state index contributed by atoms with van der Waals surface area (Å²) in [5, 5.41) is 8.56. The smallest absolute Gasteiger partial charge is 0.243 e. The Morgan fingerprint density at radius 3 is 2.86 bits per heavy atom. The summed E-state index contributed by atoms with van der Waals surface area (Å²) in [7, 11) is -3.99. The third-order valence-corrected chi connectivity index (χ3v) is 3.95. The van der Waals surface area contributed by atoms with Crippen molar-refractivity contribution in [2.75, 3.05) is 6.61 Å². The van der Waals surface area contributed by atoms with Gasteiger partial charge >= 0.3 is 0 Å². The van der Waals surface area contributed by atoms with Gasteiger partial charge in [-0.05, 0) is 18.2 Å². The lowest BCUT2D eigenvalue weighted by Gasteiger charge is -2.06. The molecule has 2 rings (SSSR count). The van der Waals surface area contributed by atoms with E-state index in [9.17, 15) is 12.8 Å². The molecular formula is C13H12FN3O3S. The molecule has 0 spiro atoms. The zero-order valence-electron chi connectivity index (χ0n) is 10.8. The van der Waals surface area contributed by atoms with Gasteiger partial charge in [-0.15, -0.1) is 0 Å². The molecule has 21 heavy (non-hydrogen) atoms. The Kier molecular flexibility index (Phi) is 4.70. The molecule has 3 N–H and O–H groups in total. The van der Waals surface area contributed by atoms with Crippen LogP contribution in [0.1, 0.15) is 11.4 Å². The van der Waals surface area contributed by atoms with Gasteiger partial charge in [0.2, 0.25) is 10.0 Å². The second-order valence-electron chi connectivity index (χ2n) is 3.97. The van der Waals surface area contributed by atoms with Crippen molar-refractivity contribution < 1.29 is 17.9 Å². The van der Waals surface area contributed by atoms with Gasteiger partial charge in [0.05, 0.1) is 6.54 Å². The Labute approximate surface area is 121 Å². The Morgan fingerprint density at radius 1 is 1.43 bits per heavy atom. The molecule has 0 unspecified atom stereocenters. The van der Waals surface area contributed by atoms with Crippen molar-refractivity contribution in [1.29, 1.82) is 0 Å². The molecule has 0 bridgehead atoms. The molecule has 0 aliphatic heterocycles. The van der Waals surface area contributed by atoms with Gasteiger partial charge in [-0.3, -0.25) is 0 Å². The van der Waals surface area contributed by atoms with E-state index in [-0.39, 0.29) is 18.7 Å². The van der Waals surface area contributed by atoms with Gasteiger partial charge < -0.3 is 10.1 Å². The zero-order valence-corrected chi connectivity index (χ0v) is 11.6. The number of imidazole rings is 1. The molecule has 8 heteroatoms. The summed E-state index contributed by atoms with van der Waals surface area (Å²) >= 11 is 0. The van der Waals surface area contributed by atoms with Crippen LogP contribution in [-0.2, 0) is 16.6 Å². The van der Waals surface area contributed by atoms with Crippen molar-refractivity contribution in [1.82, 2.24) is 14.7 Å². The SMILES string of the molecule is O=S(=O)(NCc1ncc[nH]1)c1ccc(C#CCO)cc1F. The highest BCUT2D eigenvalue weighted by molar-refractivity contribution is 7.89. The lowest BCUT2D eigenvalue weighted by molar-refractivity contribution is 0.350. The first kappa shape index (κ1) is 15.2. The summed E-state index contributed by atoms with van der Waals surface area (Å²) in [5.74, 6) is 4.36. The fourth-order valence-electron chi connectivity index (χ4n) is 1.57. The number of halogens is 1. The largest absolute Gasteiger partial charge is 0.384 e. The summed E-state index contributed by atoms with van der Waals surface area (Å²) in [6.45, 7) is -0.423. The lowest BCUT2D eigenvalue weighted by Crippen LogP contribution is -2.24.